The number of benzene rings is 1. The lowest BCUT2D eigenvalue weighted by molar-refractivity contribution is -0.136. The third-order valence-corrected chi connectivity index (χ3v) is 4.18. The number of amides is 1. The first-order chi connectivity index (χ1) is 10.1. The molecule has 0 radical (unpaired) electrons. The smallest absolute Gasteiger partial charge is 0.229 e. The fourth-order valence-electron chi connectivity index (χ4n) is 2.85. The maximum absolute atomic E-state index is 12.7. The van der Waals surface area contributed by atoms with Gasteiger partial charge in [-0.3, -0.25) is 4.79 Å². The third kappa shape index (κ3) is 3.74. The number of carbonyl (C=O) groups is 1. The van der Waals surface area contributed by atoms with Crippen LogP contribution in [0, 0.1) is 5.41 Å². The van der Waals surface area contributed by atoms with Crippen LogP contribution in [0.2, 0.25) is 0 Å². The summed E-state index contributed by atoms with van der Waals surface area (Å²) >= 11 is 0. The van der Waals surface area contributed by atoms with Gasteiger partial charge in [0, 0.05) is 7.11 Å². The highest BCUT2D eigenvalue weighted by molar-refractivity contribution is 5.83. The number of hydrogen-bond donors (Lipinski definition) is 3. The lowest BCUT2D eigenvalue weighted by atomic mass is 9.78. The van der Waals surface area contributed by atoms with Crippen molar-refractivity contribution in [3.8, 4) is 5.75 Å². The molecule has 1 aromatic carbocycles. The Morgan fingerprint density at radius 2 is 2.19 bits per heavy atom. The van der Waals surface area contributed by atoms with Gasteiger partial charge in [0.05, 0.1) is 18.1 Å². The minimum atomic E-state index is -0.453. The topological polar surface area (TPSA) is 70.6 Å². The van der Waals surface area contributed by atoms with Crippen molar-refractivity contribution >= 4 is 5.91 Å². The number of nitrogens with one attached hydrogen (secondary N) is 2. The number of phenols is 1. The van der Waals surface area contributed by atoms with Gasteiger partial charge in [-0.15, -0.1) is 0 Å². The molecular weight excluding hydrogens is 268 g/mol. The van der Waals surface area contributed by atoms with Crippen LogP contribution < -0.4 is 10.6 Å². The van der Waals surface area contributed by atoms with Crippen LogP contribution in [0.4, 0.5) is 0 Å². The number of piperidine rings is 1. The molecule has 0 bridgehead atoms. The summed E-state index contributed by atoms with van der Waals surface area (Å²) in [6.45, 7) is 4.02. The zero-order valence-electron chi connectivity index (χ0n) is 12.7. The Balaban J connectivity index is 2.07. The van der Waals surface area contributed by atoms with Gasteiger partial charge in [0.1, 0.15) is 5.75 Å². The number of rotatable bonds is 5. The zero-order valence-corrected chi connectivity index (χ0v) is 12.7. The zero-order chi connectivity index (χ0) is 15.3. The van der Waals surface area contributed by atoms with Crippen LogP contribution in [0.5, 0.6) is 5.75 Å². The molecule has 5 heteroatoms. The number of ether oxygens (including phenoxy) is 1. The fraction of sp³-hybridized carbons (Fsp3) is 0.562. The first kappa shape index (κ1) is 15.8. The van der Waals surface area contributed by atoms with Gasteiger partial charge < -0.3 is 20.5 Å². The second-order valence-corrected chi connectivity index (χ2v) is 5.75. The molecule has 0 aromatic heterocycles. The van der Waals surface area contributed by atoms with Crippen molar-refractivity contribution < 1.29 is 14.6 Å². The summed E-state index contributed by atoms with van der Waals surface area (Å²) in [4.78, 5) is 12.7. The molecule has 0 aliphatic carbocycles. The highest BCUT2D eigenvalue weighted by Gasteiger charge is 2.40. The molecule has 3 N–H and O–H groups in total. The molecule has 1 heterocycles. The Kier molecular flexibility index (Phi) is 5.20. The number of aromatic hydroxyl groups is 1. The van der Waals surface area contributed by atoms with E-state index < -0.39 is 5.41 Å². The molecule has 0 saturated carbocycles. The van der Waals surface area contributed by atoms with Crippen LogP contribution in [0.15, 0.2) is 24.3 Å². The Hall–Kier alpha value is -1.59. The number of carbonyl (C=O) groups excluding carboxylic acids is 1. The van der Waals surface area contributed by atoms with Crippen LogP contribution in [-0.2, 0) is 9.53 Å². The van der Waals surface area contributed by atoms with Crippen molar-refractivity contribution in [3.05, 3.63) is 29.8 Å². The second-order valence-electron chi connectivity index (χ2n) is 5.75. The molecule has 1 atom stereocenters. The Morgan fingerprint density at radius 3 is 2.81 bits per heavy atom. The molecule has 1 fully saturated rings. The van der Waals surface area contributed by atoms with E-state index >= 15 is 0 Å². The van der Waals surface area contributed by atoms with E-state index in [0.717, 1.165) is 31.5 Å². The highest BCUT2D eigenvalue weighted by atomic mass is 16.5. The molecule has 5 nitrogen and oxygen atoms in total. The standard InChI is InChI=1S/C16H24N2O3/c1-12(13-4-3-5-14(19)10-13)18-15(20)16(11-21-2)6-8-17-9-7-16/h3-5,10,12,17,19H,6-9,11H2,1-2H3,(H,18,20). The van der Waals surface area contributed by atoms with Crippen LogP contribution >= 0.6 is 0 Å². The summed E-state index contributed by atoms with van der Waals surface area (Å²) in [5, 5.41) is 15.9. The van der Waals surface area contributed by atoms with E-state index in [4.69, 9.17) is 4.74 Å². The lowest BCUT2D eigenvalue weighted by Gasteiger charge is -2.36. The molecule has 1 aromatic rings. The predicted octanol–water partition coefficient (Wildman–Crippen LogP) is 1.59. The fourth-order valence-corrected chi connectivity index (χ4v) is 2.85. The van der Waals surface area contributed by atoms with E-state index in [1.54, 1.807) is 25.3 Å². The summed E-state index contributed by atoms with van der Waals surface area (Å²) in [6, 6.07) is 6.83. The second kappa shape index (κ2) is 6.91. The van der Waals surface area contributed by atoms with Crippen molar-refractivity contribution in [1.82, 2.24) is 10.6 Å². The average Bonchev–Trinajstić information content (AvgIpc) is 2.48. The van der Waals surface area contributed by atoms with Gasteiger partial charge in [-0.05, 0) is 50.6 Å². The van der Waals surface area contributed by atoms with Gasteiger partial charge in [0.15, 0.2) is 0 Å². The maximum atomic E-state index is 12.7. The number of hydrogen-bond acceptors (Lipinski definition) is 4. The summed E-state index contributed by atoms with van der Waals surface area (Å²) in [6.07, 6.45) is 1.55. The van der Waals surface area contributed by atoms with Gasteiger partial charge >= 0.3 is 0 Å². The highest BCUT2D eigenvalue weighted by Crippen LogP contribution is 2.30. The summed E-state index contributed by atoms with van der Waals surface area (Å²) in [7, 11) is 1.63. The van der Waals surface area contributed by atoms with E-state index in [1.165, 1.54) is 0 Å². The van der Waals surface area contributed by atoms with Crippen LogP contribution in [-0.4, -0.2) is 37.8 Å². The number of phenolic OH excluding ortho intramolecular Hbond substituents is 1. The van der Waals surface area contributed by atoms with Gasteiger partial charge in [-0.25, -0.2) is 0 Å². The summed E-state index contributed by atoms with van der Waals surface area (Å²) in [5.41, 5.74) is 0.440. The van der Waals surface area contributed by atoms with E-state index in [1.807, 2.05) is 13.0 Å². The SMILES string of the molecule is COCC1(C(=O)NC(C)c2cccc(O)c2)CCNCC1. The molecule has 0 spiro atoms. The first-order valence-corrected chi connectivity index (χ1v) is 7.37. The van der Waals surface area contributed by atoms with Gasteiger partial charge in [-0.1, -0.05) is 12.1 Å². The predicted molar refractivity (Wildman–Crippen MR) is 81.1 cm³/mol. The molecule has 116 valence electrons. The van der Waals surface area contributed by atoms with E-state index in [9.17, 15) is 9.90 Å². The van der Waals surface area contributed by atoms with E-state index in [2.05, 4.69) is 10.6 Å². The van der Waals surface area contributed by atoms with Gasteiger partial charge in [-0.2, -0.15) is 0 Å². The van der Waals surface area contributed by atoms with Crippen molar-refractivity contribution in [2.24, 2.45) is 5.41 Å². The average molecular weight is 292 g/mol. The molecule has 21 heavy (non-hydrogen) atoms. The van der Waals surface area contributed by atoms with Crippen LogP contribution in [0.25, 0.3) is 0 Å². The molecule has 1 aliphatic rings. The normalized spacial score (nSPS) is 19.0. The van der Waals surface area contributed by atoms with Crippen molar-refractivity contribution in [1.29, 1.82) is 0 Å². The van der Waals surface area contributed by atoms with Crippen LogP contribution in [0.1, 0.15) is 31.4 Å². The minimum Gasteiger partial charge on any atom is -0.508 e. The quantitative estimate of drug-likeness (QED) is 0.770. The monoisotopic (exact) mass is 292 g/mol. The summed E-state index contributed by atoms with van der Waals surface area (Å²) in [5.74, 6) is 0.240. The number of methoxy groups -OCH3 is 1. The Labute approximate surface area is 125 Å². The van der Waals surface area contributed by atoms with Crippen molar-refractivity contribution in [2.75, 3.05) is 26.8 Å². The molecule has 1 saturated heterocycles. The Bertz CT molecular complexity index is 479. The van der Waals surface area contributed by atoms with E-state index in [-0.39, 0.29) is 17.7 Å². The molecule has 1 unspecified atom stereocenters. The summed E-state index contributed by atoms with van der Waals surface area (Å²) < 4.78 is 5.28. The van der Waals surface area contributed by atoms with Gasteiger partial charge in [0.25, 0.3) is 0 Å². The molecule has 2 rings (SSSR count). The molecule has 1 amide bonds. The minimum absolute atomic E-state index is 0.0293. The van der Waals surface area contributed by atoms with Crippen molar-refractivity contribution in [2.45, 2.75) is 25.8 Å². The van der Waals surface area contributed by atoms with Crippen molar-refractivity contribution in [3.63, 3.8) is 0 Å². The lowest BCUT2D eigenvalue weighted by Crippen LogP contribution is -2.50. The first-order valence-electron chi connectivity index (χ1n) is 7.37. The van der Waals surface area contributed by atoms with E-state index in [0.29, 0.717) is 6.61 Å². The third-order valence-electron chi connectivity index (χ3n) is 4.18. The molecule has 1 aliphatic heterocycles. The Morgan fingerprint density at radius 1 is 1.48 bits per heavy atom. The van der Waals surface area contributed by atoms with Gasteiger partial charge in [0.2, 0.25) is 5.91 Å². The van der Waals surface area contributed by atoms with Crippen LogP contribution in [0.3, 0.4) is 0 Å². The largest absolute Gasteiger partial charge is 0.508 e. The molecular formula is C16H24N2O3. The maximum Gasteiger partial charge on any atom is 0.229 e.